The van der Waals surface area contributed by atoms with Gasteiger partial charge in [0.05, 0.1) is 0 Å². The van der Waals surface area contributed by atoms with E-state index in [1.165, 1.54) is 6.92 Å². The zero-order chi connectivity index (χ0) is 7.82. The molecule has 2 N–H and O–H groups in total. The maximum atomic E-state index is 10.3. The highest BCUT2D eigenvalue weighted by Crippen LogP contribution is 1.69. The second kappa shape index (κ2) is 6.51. The topological polar surface area (TPSA) is 50.4 Å². The van der Waals surface area contributed by atoms with Crippen LogP contribution in [0, 0.1) is 0 Å². The number of rotatable bonds is 5. The second-order valence-corrected chi connectivity index (χ2v) is 1.92. The van der Waals surface area contributed by atoms with Crippen molar-refractivity contribution in [3.8, 4) is 0 Å². The van der Waals surface area contributed by atoms with E-state index in [9.17, 15) is 4.79 Å². The molecule has 4 nitrogen and oxygen atoms in total. The first-order chi connectivity index (χ1) is 4.77. The molecular weight excluding hydrogens is 132 g/mol. The molecule has 0 saturated carbocycles. The van der Waals surface area contributed by atoms with Crippen molar-refractivity contribution in [3.05, 3.63) is 0 Å². The summed E-state index contributed by atoms with van der Waals surface area (Å²) >= 11 is 0. The van der Waals surface area contributed by atoms with E-state index >= 15 is 0 Å². The first-order valence-electron chi connectivity index (χ1n) is 3.36. The molecular formula is C6H14N2O2. The molecule has 0 radical (unpaired) electrons. The fraction of sp³-hybridized carbons (Fsp3) is 0.833. The predicted octanol–water partition coefficient (Wildman–Crippen LogP) is 0.0112. The fourth-order valence-corrected chi connectivity index (χ4v) is 0.363. The van der Waals surface area contributed by atoms with Crippen LogP contribution in [0.2, 0.25) is 0 Å². The lowest BCUT2D eigenvalue weighted by molar-refractivity contribution is -0.121. The smallest absolute Gasteiger partial charge is 0.218 e. The summed E-state index contributed by atoms with van der Waals surface area (Å²) in [5.41, 5.74) is 2.68. The van der Waals surface area contributed by atoms with Gasteiger partial charge in [-0.15, -0.1) is 0 Å². The van der Waals surface area contributed by atoms with Crippen LogP contribution in [0.25, 0.3) is 0 Å². The quantitative estimate of drug-likeness (QED) is 0.326. The number of amides is 1. The molecule has 0 aliphatic rings. The van der Waals surface area contributed by atoms with Gasteiger partial charge >= 0.3 is 0 Å². The highest BCUT2D eigenvalue weighted by atomic mass is 16.7. The summed E-state index contributed by atoms with van der Waals surface area (Å²) in [6.07, 6.45) is 1.01. The van der Waals surface area contributed by atoms with Crippen LogP contribution in [0.3, 0.4) is 0 Å². The molecule has 0 aromatic heterocycles. The maximum Gasteiger partial charge on any atom is 0.218 e. The first kappa shape index (κ1) is 9.39. The van der Waals surface area contributed by atoms with Gasteiger partial charge < -0.3 is 5.32 Å². The second-order valence-electron chi connectivity index (χ2n) is 1.92. The van der Waals surface area contributed by atoms with E-state index in [1.807, 2.05) is 6.92 Å². The molecule has 4 heteroatoms. The van der Waals surface area contributed by atoms with E-state index in [-0.39, 0.29) is 12.6 Å². The molecule has 0 aromatic rings. The largest absolute Gasteiger partial charge is 0.332 e. The molecule has 0 saturated heterocycles. The van der Waals surface area contributed by atoms with Gasteiger partial charge in [-0.05, 0) is 6.42 Å². The zero-order valence-electron chi connectivity index (χ0n) is 6.44. The van der Waals surface area contributed by atoms with Gasteiger partial charge in [-0.3, -0.25) is 9.63 Å². The van der Waals surface area contributed by atoms with Crippen molar-refractivity contribution in [1.29, 1.82) is 0 Å². The highest BCUT2D eigenvalue weighted by Gasteiger charge is 1.87. The van der Waals surface area contributed by atoms with Crippen LogP contribution in [-0.2, 0) is 9.63 Å². The average molecular weight is 146 g/mol. The van der Waals surface area contributed by atoms with Crippen molar-refractivity contribution in [2.45, 2.75) is 20.3 Å². The zero-order valence-corrected chi connectivity index (χ0v) is 6.44. The van der Waals surface area contributed by atoms with E-state index in [1.54, 1.807) is 0 Å². The summed E-state index contributed by atoms with van der Waals surface area (Å²) in [4.78, 5) is 15.1. The standard InChI is InChI=1S/C6H14N2O2/c1-3-4-8-10-5-7-6(2)9/h8H,3-5H2,1-2H3,(H,7,9). The molecule has 0 fully saturated rings. The minimum atomic E-state index is -0.0849. The Bertz CT molecular complexity index is 95.7. The lowest BCUT2D eigenvalue weighted by atomic mass is 10.5. The Morgan fingerprint density at radius 1 is 1.60 bits per heavy atom. The molecule has 0 bridgehead atoms. The fourth-order valence-electron chi connectivity index (χ4n) is 0.363. The third kappa shape index (κ3) is 7.39. The molecule has 0 spiro atoms. The molecule has 0 aliphatic carbocycles. The third-order valence-corrected chi connectivity index (χ3v) is 0.847. The number of carbonyl (C=O) groups excluding carboxylic acids is 1. The van der Waals surface area contributed by atoms with Gasteiger partial charge in [0.25, 0.3) is 0 Å². The predicted molar refractivity (Wildman–Crippen MR) is 38.1 cm³/mol. The summed E-state index contributed by atoms with van der Waals surface area (Å²) in [7, 11) is 0. The summed E-state index contributed by atoms with van der Waals surface area (Å²) in [6, 6.07) is 0. The Morgan fingerprint density at radius 3 is 2.80 bits per heavy atom. The van der Waals surface area contributed by atoms with Gasteiger partial charge in [0.1, 0.15) is 6.73 Å². The van der Waals surface area contributed by atoms with Crippen molar-refractivity contribution in [2.75, 3.05) is 13.3 Å². The Kier molecular flexibility index (Phi) is 6.11. The molecule has 0 atom stereocenters. The minimum Gasteiger partial charge on any atom is -0.332 e. The van der Waals surface area contributed by atoms with Gasteiger partial charge in [0, 0.05) is 13.5 Å². The van der Waals surface area contributed by atoms with Gasteiger partial charge in [0.15, 0.2) is 0 Å². The Balaban J connectivity index is 2.84. The first-order valence-corrected chi connectivity index (χ1v) is 3.36. The van der Waals surface area contributed by atoms with Crippen molar-refractivity contribution >= 4 is 5.91 Å². The Hall–Kier alpha value is -0.610. The van der Waals surface area contributed by atoms with Crippen LogP contribution in [0.15, 0.2) is 0 Å². The van der Waals surface area contributed by atoms with Crippen LogP contribution in [0.1, 0.15) is 20.3 Å². The summed E-state index contributed by atoms with van der Waals surface area (Å²) in [5.74, 6) is -0.0849. The third-order valence-electron chi connectivity index (χ3n) is 0.847. The number of carbonyl (C=O) groups is 1. The lowest BCUT2D eigenvalue weighted by Gasteiger charge is -2.03. The van der Waals surface area contributed by atoms with E-state index in [4.69, 9.17) is 4.84 Å². The van der Waals surface area contributed by atoms with E-state index < -0.39 is 0 Å². The number of nitrogens with one attached hydrogen (secondary N) is 2. The van der Waals surface area contributed by atoms with Crippen molar-refractivity contribution in [1.82, 2.24) is 10.8 Å². The molecule has 0 aliphatic heterocycles. The molecule has 0 rings (SSSR count). The molecule has 0 unspecified atom stereocenters. The Morgan fingerprint density at radius 2 is 2.30 bits per heavy atom. The van der Waals surface area contributed by atoms with Gasteiger partial charge in [-0.2, -0.15) is 0 Å². The van der Waals surface area contributed by atoms with Crippen LogP contribution in [0.5, 0.6) is 0 Å². The van der Waals surface area contributed by atoms with E-state index in [0.717, 1.165) is 13.0 Å². The summed E-state index contributed by atoms with van der Waals surface area (Å²) < 4.78 is 0. The SMILES string of the molecule is CCCNOCNC(C)=O. The van der Waals surface area contributed by atoms with Crippen molar-refractivity contribution < 1.29 is 9.63 Å². The highest BCUT2D eigenvalue weighted by molar-refractivity contribution is 5.72. The van der Waals surface area contributed by atoms with E-state index in [2.05, 4.69) is 10.8 Å². The molecule has 60 valence electrons. The minimum absolute atomic E-state index is 0.0849. The molecule has 1 amide bonds. The van der Waals surface area contributed by atoms with E-state index in [0.29, 0.717) is 0 Å². The molecule has 0 aromatic carbocycles. The van der Waals surface area contributed by atoms with Crippen molar-refractivity contribution in [2.24, 2.45) is 0 Å². The van der Waals surface area contributed by atoms with Crippen LogP contribution in [0.4, 0.5) is 0 Å². The maximum absolute atomic E-state index is 10.3. The van der Waals surface area contributed by atoms with Crippen LogP contribution < -0.4 is 10.8 Å². The van der Waals surface area contributed by atoms with Crippen LogP contribution >= 0.6 is 0 Å². The monoisotopic (exact) mass is 146 g/mol. The average Bonchev–Trinajstić information content (AvgIpc) is 1.87. The van der Waals surface area contributed by atoms with Crippen LogP contribution in [-0.4, -0.2) is 19.2 Å². The van der Waals surface area contributed by atoms with Gasteiger partial charge in [-0.1, -0.05) is 6.92 Å². The Labute approximate surface area is 60.9 Å². The van der Waals surface area contributed by atoms with Gasteiger partial charge in [-0.25, -0.2) is 5.48 Å². The number of hydrogen-bond donors (Lipinski definition) is 2. The lowest BCUT2D eigenvalue weighted by Crippen LogP contribution is -2.28. The summed E-state index contributed by atoms with van der Waals surface area (Å²) in [5, 5.41) is 2.48. The molecule has 0 heterocycles. The normalized spacial score (nSPS) is 9.40. The number of hydroxylamine groups is 1. The number of hydrogen-bond acceptors (Lipinski definition) is 3. The van der Waals surface area contributed by atoms with Crippen molar-refractivity contribution in [3.63, 3.8) is 0 Å². The molecule has 10 heavy (non-hydrogen) atoms. The van der Waals surface area contributed by atoms with Gasteiger partial charge in [0.2, 0.25) is 5.91 Å². The summed E-state index contributed by atoms with van der Waals surface area (Å²) in [6.45, 7) is 4.52.